The molecule has 0 unspecified atom stereocenters. The summed E-state index contributed by atoms with van der Waals surface area (Å²) in [4.78, 5) is 0. The molecule has 74 valence electrons. The summed E-state index contributed by atoms with van der Waals surface area (Å²) in [6, 6.07) is 0. The number of unbranched alkanes of at least 4 members (excludes halogenated alkanes) is 3. The van der Waals surface area contributed by atoms with E-state index in [1.165, 1.54) is 25.7 Å². The predicted molar refractivity (Wildman–Crippen MR) is 58.0 cm³/mol. The van der Waals surface area contributed by atoms with Crippen LogP contribution in [-0.4, -0.2) is 17.5 Å². The Bertz CT molecular complexity index is 102. The van der Waals surface area contributed by atoms with Crippen molar-refractivity contribution in [2.75, 3.05) is 11.9 Å². The SMILES string of the molecule is CCCCCCOC(C)(C)CBr. The highest BCUT2D eigenvalue weighted by Gasteiger charge is 2.15. The van der Waals surface area contributed by atoms with Crippen LogP contribution in [0.5, 0.6) is 0 Å². The van der Waals surface area contributed by atoms with Crippen LogP contribution in [0.25, 0.3) is 0 Å². The summed E-state index contributed by atoms with van der Waals surface area (Å²) in [5.74, 6) is 0. The molecular weight excluding hydrogens is 216 g/mol. The highest BCUT2D eigenvalue weighted by molar-refractivity contribution is 9.09. The van der Waals surface area contributed by atoms with Gasteiger partial charge in [0.05, 0.1) is 5.60 Å². The monoisotopic (exact) mass is 236 g/mol. The summed E-state index contributed by atoms with van der Waals surface area (Å²) in [7, 11) is 0. The Labute approximate surface area is 85.0 Å². The molecule has 0 aromatic rings. The first kappa shape index (κ1) is 12.4. The molecule has 0 radical (unpaired) electrons. The molecule has 0 amide bonds. The van der Waals surface area contributed by atoms with Gasteiger partial charge in [0.2, 0.25) is 0 Å². The molecule has 0 aromatic carbocycles. The Balaban J connectivity index is 3.19. The second kappa shape index (κ2) is 6.90. The molecule has 1 nitrogen and oxygen atoms in total. The summed E-state index contributed by atoms with van der Waals surface area (Å²) in [6.07, 6.45) is 5.12. The van der Waals surface area contributed by atoms with Crippen molar-refractivity contribution < 1.29 is 4.74 Å². The molecule has 12 heavy (non-hydrogen) atoms. The molecule has 0 atom stereocenters. The largest absolute Gasteiger partial charge is 0.375 e. The van der Waals surface area contributed by atoms with Crippen LogP contribution in [-0.2, 0) is 4.74 Å². The maximum absolute atomic E-state index is 5.68. The third-order valence-corrected chi connectivity index (χ3v) is 3.16. The number of hydrogen-bond donors (Lipinski definition) is 0. The normalized spacial score (nSPS) is 12.0. The number of rotatable bonds is 7. The molecule has 0 rings (SSSR count). The quantitative estimate of drug-likeness (QED) is 0.484. The first-order valence-corrected chi connectivity index (χ1v) is 5.94. The van der Waals surface area contributed by atoms with E-state index in [1.54, 1.807) is 0 Å². The molecule has 0 aliphatic heterocycles. The van der Waals surface area contributed by atoms with Gasteiger partial charge in [-0.15, -0.1) is 0 Å². The van der Waals surface area contributed by atoms with Crippen molar-refractivity contribution in [1.29, 1.82) is 0 Å². The van der Waals surface area contributed by atoms with E-state index >= 15 is 0 Å². The van der Waals surface area contributed by atoms with Gasteiger partial charge >= 0.3 is 0 Å². The molecule has 0 saturated carbocycles. The van der Waals surface area contributed by atoms with Gasteiger partial charge in [0.25, 0.3) is 0 Å². The Hall–Kier alpha value is 0.440. The lowest BCUT2D eigenvalue weighted by molar-refractivity contribution is -0.000102. The average Bonchev–Trinajstić information content (AvgIpc) is 2.04. The van der Waals surface area contributed by atoms with Gasteiger partial charge < -0.3 is 4.74 Å². The second-order valence-electron chi connectivity index (χ2n) is 3.80. The van der Waals surface area contributed by atoms with Crippen molar-refractivity contribution in [1.82, 2.24) is 0 Å². The Morgan fingerprint density at radius 1 is 1.17 bits per heavy atom. The van der Waals surface area contributed by atoms with Crippen LogP contribution in [0.1, 0.15) is 46.5 Å². The van der Waals surface area contributed by atoms with Crippen molar-refractivity contribution in [2.24, 2.45) is 0 Å². The van der Waals surface area contributed by atoms with Gasteiger partial charge in [-0.05, 0) is 20.3 Å². The van der Waals surface area contributed by atoms with E-state index in [1.807, 2.05) is 0 Å². The molecular formula is C10H21BrO. The Morgan fingerprint density at radius 2 is 1.83 bits per heavy atom. The molecule has 0 fully saturated rings. The number of hydrogen-bond acceptors (Lipinski definition) is 1. The number of halogens is 1. The van der Waals surface area contributed by atoms with E-state index in [0.29, 0.717) is 0 Å². The van der Waals surface area contributed by atoms with E-state index in [0.717, 1.165) is 11.9 Å². The van der Waals surface area contributed by atoms with Crippen molar-refractivity contribution in [3.8, 4) is 0 Å². The van der Waals surface area contributed by atoms with Crippen molar-refractivity contribution >= 4 is 15.9 Å². The first-order chi connectivity index (χ1) is 5.62. The van der Waals surface area contributed by atoms with E-state index in [2.05, 4.69) is 36.7 Å². The molecule has 0 bridgehead atoms. The van der Waals surface area contributed by atoms with Crippen LogP contribution in [0.15, 0.2) is 0 Å². The van der Waals surface area contributed by atoms with Crippen LogP contribution in [0, 0.1) is 0 Å². The third-order valence-electron chi connectivity index (χ3n) is 1.81. The van der Waals surface area contributed by atoms with Gasteiger partial charge in [0.15, 0.2) is 0 Å². The van der Waals surface area contributed by atoms with Crippen LogP contribution in [0.3, 0.4) is 0 Å². The minimum atomic E-state index is 0.00617. The highest BCUT2D eigenvalue weighted by atomic mass is 79.9. The lowest BCUT2D eigenvalue weighted by Crippen LogP contribution is -2.26. The van der Waals surface area contributed by atoms with Crippen molar-refractivity contribution in [2.45, 2.75) is 52.1 Å². The predicted octanol–water partition coefficient (Wildman–Crippen LogP) is 3.76. The molecule has 0 aliphatic rings. The van der Waals surface area contributed by atoms with Gasteiger partial charge in [0.1, 0.15) is 0 Å². The van der Waals surface area contributed by atoms with Crippen LogP contribution in [0.4, 0.5) is 0 Å². The summed E-state index contributed by atoms with van der Waals surface area (Å²) >= 11 is 3.43. The topological polar surface area (TPSA) is 9.23 Å². The van der Waals surface area contributed by atoms with Gasteiger partial charge in [-0.3, -0.25) is 0 Å². The fourth-order valence-corrected chi connectivity index (χ4v) is 1.08. The van der Waals surface area contributed by atoms with Crippen molar-refractivity contribution in [3.05, 3.63) is 0 Å². The van der Waals surface area contributed by atoms with E-state index in [-0.39, 0.29) is 5.60 Å². The minimum absolute atomic E-state index is 0.00617. The fourth-order valence-electron chi connectivity index (χ4n) is 0.916. The molecule has 0 spiro atoms. The first-order valence-electron chi connectivity index (χ1n) is 4.82. The van der Waals surface area contributed by atoms with Gasteiger partial charge in [-0.1, -0.05) is 42.1 Å². The molecule has 0 N–H and O–H groups in total. The fraction of sp³-hybridized carbons (Fsp3) is 1.00. The van der Waals surface area contributed by atoms with Crippen LogP contribution in [0.2, 0.25) is 0 Å². The van der Waals surface area contributed by atoms with Crippen molar-refractivity contribution in [3.63, 3.8) is 0 Å². The smallest absolute Gasteiger partial charge is 0.0722 e. The lowest BCUT2D eigenvalue weighted by Gasteiger charge is -2.22. The lowest BCUT2D eigenvalue weighted by atomic mass is 10.2. The number of ether oxygens (including phenoxy) is 1. The second-order valence-corrected chi connectivity index (χ2v) is 4.36. The molecule has 0 aromatic heterocycles. The summed E-state index contributed by atoms with van der Waals surface area (Å²) in [6.45, 7) is 7.35. The van der Waals surface area contributed by atoms with Gasteiger partial charge in [-0.25, -0.2) is 0 Å². The minimum Gasteiger partial charge on any atom is -0.375 e. The summed E-state index contributed by atoms with van der Waals surface area (Å²) < 4.78 is 5.68. The van der Waals surface area contributed by atoms with Crippen LogP contribution >= 0.6 is 15.9 Å². The van der Waals surface area contributed by atoms with Gasteiger partial charge in [0, 0.05) is 11.9 Å². The standard InChI is InChI=1S/C10H21BrO/c1-4-5-6-7-8-12-10(2,3)9-11/h4-9H2,1-3H3. The van der Waals surface area contributed by atoms with E-state index < -0.39 is 0 Å². The highest BCUT2D eigenvalue weighted by Crippen LogP contribution is 2.13. The van der Waals surface area contributed by atoms with Crippen LogP contribution < -0.4 is 0 Å². The molecule has 0 saturated heterocycles. The van der Waals surface area contributed by atoms with Gasteiger partial charge in [-0.2, -0.15) is 0 Å². The zero-order valence-corrected chi connectivity index (χ0v) is 10.1. The average molecular weight is 237 g/mol. The maximum Gasteiger partial charge on any atom is 0.0722 e. The number of alkyl halides is 1. The zero-order valence-electron chi connectivity index (χ0n) is 8.53. The van der Waals surface area contributed by atoms with E-state index in [9.17, 15) is 0 Å². The molecule has 0 heterocycles. The summed E-state index contributed by atoms with van der Waals surface area (Å²) in [5.41, 5.74) is 0.00617. The Morgan fingerprint density at radius 3 is 2.33 bits per heavy atom. The maximum atomic E-state index is 5.68. The summed E-state index contributed by atoms with van der Waals surface area (Å²) in [5, 5.41) is 0.910. The Kier molecular flexibility index (Phi) is 7.16. The third kappa shape index (κ3) is 7.11. The zero-order chi connectivity index (χ0) is 9.45. The molecule has 2 heteroatoms. The van der Waals surface area contributed by atoms with E-state index in [4.69, 9.17) is 4.74 Å². The molecule has 0 aliphatic carbocycles.